The molecule has 6 aromatic rings. The van der Waals surface area contributed by atoms with Crippen molar-refractivity contribution in [1.82, 2.24) is 0 Å². The third-order valence-electron chi connectivity index (χ3n) is 6.82. The Balaban J connectivity index is -0.000000157. The first-order valence-corrected chi connectivity index (χ1v) is 16.3. The summed E-state index contributed by atoms with van der Waals surface area (Å²) >= 11 is 1.62. The van der Waals surface area contributed by atoms with Gasteiger partial charge in [-0.05, 0) is 43.3 Å². The van der Waals surface area contributed by atoms with Crippen molar-refractivity contribution in [1.29, 1.82) is 0 Å². The van der Waals surface area contributed by atoms with Crippen LogP contribution in [0, 0.1) is 151 Å². The molecule has 0 heterocycles. The van der Waals surface area contributed by atoms with E-state index in [0.717, 1.165) is 11.1 Å². The van der Waals surface area contributed by atoms with E-state index in [1.807, 2.05) is 60.7 Å². The van der Waals surface area contributed by atoms with E-state index in [-0.39, 0.29) is 199 Å². The monoisotopic (exact) mass is 998 g/mol. The van der Waals surface area contributed by atoms with Crippen LogP contribution in [-0.4, -0.2) is 0 Å². The van der Waals surface area contributed by atoms with Crippen LogP contribution < -0.4 is 10.6 Å². The molecule has 6 rings (SSSR count). The number of benzene rings is 6. The summed E-state index contributed by atoms with van der Waals surface area (Å²) in [6, 6.07) is 44.0. The third kappa shape index (κ3) is 16.7. The Morgan fingerprint density at radius 1 is 0.479 bits per heavy atom. The van der Waals surface area contributed by atoms with E-state index in [2.05, 4.69) is 101 Å². The first kappa shape index (κ1) is 60.7. The average Bonchev–Trinajstić information content (AvgIpc) is 3.03. The van der Waals surface area contributed by atoms with E-state index < -0.39 is 12.1 Å². The van der Waals surface area contributed by atoms with Crippen molar-refractivity contribution in [3.8, 4) is 11.1 Å². The number of hydrogen-bond donors (Lipinski definition) is 0. The Kier molecular flexibility index (Phi) is 41.4. The minimum absolute atomic E-state index is 0. The molecular weight excluding hydrogens is 955 g/mol. The summed E-state index contributed by atoms with van der Waals surface area (Å²) in [5.74, 6) is 0. The van der Waals surface area contributed by atoms with Gasteiger partial charge in [0.2, 0.25) is 0 Å². The number of rotatable bonds is 4. The Morgan fingerprint density at radius 3 is 1.06 bits per heavy atom. The summed E-state index contributed by atoms with van der Waals surface area (Å²) < 4.78 is 0. The van der Waals surface area contributed by atoms with E-state index in [1.54, 1.807) is 17.3 Å². The molecule has 4 atom stereocenters. The second kappa shape index (κ2) is 32.7. The molecule has 0 aliphatic carbocycles. The zero-order chi connectivity index (χ0) is 28.5. The van der Waals surface area contributed by atoms with Crippen LogP contribution in [0.25, 0.3) is 44.1 Å². The van der Waals surface area contributed by atoms with Crippen LogP contribution in [0.2, 0.25) is 0 Å². The van der Waals surface area contributed by atoms with Crippen LogP contribution in [0.3, 0.4) is 0 Å². The topological polar surface area (TPSA) is 47.6 Å². The van der Waals surface area contributed by atoms with Gasteiger partial charge in [-0.15, -0.1) is 43.0 Å². The molecule has 0 aliphatic rings. The zero-order valence-corrected chi connectivity index (χ0v) is 34.2. The minimum Gasteiger partial charge on any atom is -0.672 e. The van der Waals surface area contributed by atoms with Gasteiger partial charge in [-0.2, -0.15) is 0 Å². The summed E-state index contributed by atoms with van der Waals surface area (Å²) in [5.41, 5.74) is 20.5. The average molecular weight is 998 g/mol. The Labute approximate surface area is 447 Å². The fraction of sp³-hybridized carbons (Fsp3) is 0.111. The first-order valence-electron chi connectivity index (χ1n) is 12.8. The number of hydrogen-bond acceptors (Lipinski definition) is 0. The molecule has 0 spiro atoms. The molecule has 2 N–H and O–H groups in total. The van der Waals surface area contributed by atoms with Crippen LogP contribution in [0.15, 0.2) is 133 Å². The van der Waals surface area contributed by atoms with Crippen molar-refractivity contribution in [3.63, 3.8) is 0 Å². The molecule has 2 unspecified atom stereocenters. The smallest absolute Gasteiger partial charge is 0 e. The van der Waals surface area contributed by atoms with Crippen molar-refractivity contribution < 1.29 is 189 Å². The molecule has 268 valence electrons. The predicted molar refractivity (Wildman–Crippen MR) is 203 cm³/mol. The summed E-state index contributed by atoms with van der Waals surface area (Å²) in [7, 11) is 10.4. The van der Waals surface area contributed by atoms with Crippen LogP contribution in [0.1, 0.15) is 39.5 Å². The van der Waals surface area contributed by atoms with Crippen molar-refractivity contribution in [2.75, 3.05) is 0 Å². The van der Waals surface area contributed by atoms with E-state index in [0.29, 0.717) is 0 Å². The fourth-order valence-corrected chi connectivity index (χ4v) is 5.63. The molecule has 12 heteroatoms. The van der Waals surface area contributed by atoms with Gasteiger partial charge in [0.25, 0.3) is 0 Å². The Hall–Kier alpha value is 3.49. The second-order valence-electron chi connectivity index (χ2n) is 9.28. The van der Waals surface area contributed by atoms with Crippen molar-refractivity contribution >= 4 is 72.7 Å². The minimum atomic E-state index is -0.524. The number of nitrogens with one attached hydrogen (secondary N) is 2. The third-order valence-corrected chi connectivity index (χ3v) is 7.79. The maximum Gasteiger partial charge on any atom is 0 e. The van der Waals surface area contributed by atoms with Gasteiger partial charge in [0.05, 0.1) is 0 Å². The maximum absolute atomic E-state index is 8.07. The summed E-state index contributed by atoms with van der Waals surface area (Å²) in [5, 5.41) is 7.63. The van der Waals surface area contributed by atoms with E-state index >= 15 is 0 Å². The van der Waals surface area contributed by atoms with Gasteiger partial charge in [-0.3, -0.25) is 0 Å². The van der Waals surface area contributed by atoms with Gasteiger partial charge in [0.1, 0.15) is 0 Å². The molecular formula is C36H42Ar4Cl2N2P2Ru2. The molecule has 0 radical (unpaired) electrons. The van der Waals surface area contributed by atoms with Crippen molar-refractivity contribution in [3.05, 3.63) is 156 Å². The van der Waals surface area contributed by atoms with Gasteiger partial charge in [-0.1, -0.05) is 159 Å². The molecule has 0 fully saturated rings. The molecule has 0 saturated carbocycles. The van der Waals surface area contributed by atoms with Crippen LogP contribution in [0.5, 0.6) is 0 Å². The summed E-state index contributed by atoms with van der Waals surface area (Å²) in [4.78, 5) is 0. The molecule has 0 bridgehead atoms. The summed E-state index contributed by atoms with van der Waals surface area (Å²) in [6.45, 7) is 0. The van der Waals surface area contributed by atoms with E-state index in [1.165, 1.54) is 43.3 Å². The predicted octanol–water partition coefficient (Wildman–Crippen LogP) is 11.6. The van der Waals surface area contributed by atoms with E-state index in [4.69, 9.17) is 11.5 Å². The van der Waals surface area contributed by atoms with Crippen LogP contribution in [-0.2, 0) is 36.8 Å². The molecule has 48 heavy (non-hydrogen) atoms. The zero-order valence-electron chi connectivity index (χ0n) is 23.9. The molecule has 2 nitrogen and oxygen atoms in total. The quantitative estimate of drug-likeness (QED) is 0.125. The normalized spacial score (nSPS) is 10.0. The SMILES string of the molecule is C.C.Cl.Pc1ccc2ccccc2c1-c1c(P)ccc2ccccc12.[Ar].[Ar].[Ar].[Ar].[Cl][RuH+2].[HH].[NH-][C@@H](c1ccccc1)[C@@H]([NH-])c1ccccc1.[Ru]. The Bertz CT molecular complexity index is 1590. The molecule has 0 aromatic heterocycles. The van der Waals surface area contributed by atoms with E-state index in [9.17, 15) is 0 Å². The van der Waals surface area contributed by atoms with Gasteiger partial charge in [-0.25, -0.2) is 0 Å². The van der Waals surface area contributed by atoms with Gasteiger partial charge < -0.3 is 11.5 Å². The van der Waals surface area contributed by atoms with Gasteiger partial charge in [0, 0.05) is 172 Å². The Morgan fingerprint density at radius 2 is 0.750 bits per heavy atom. The standard InChI is InChI=1S/C20H16P2.C14H14N2.2CH4.4Ar.2ClH.2Ru.H2.H/c21-17-11-9-13-5-1-3-7-15(13)19(17)20-16-8-4-2-6-14(16)10-12-18(20)22;15-13(11-7-3-1-4-8-11)14(16)12-9-5-2-6-10-12;;;;;;;;;;;;/h1-12H,21-22H2;1-10,13-16H;2*1H4;;;;;2*1H;;;1H;/q;-2;;;;;;;;;;+3;;/p-1/t;13-,14-;;;;;;;;;;;;/m.0............/s1. The van der Waals surface area contributed by atoms with Gasteiger partial charge >= 0.3 is 27.0 Å². The number of halogens is 2. The first-order chi connectivity index (χ1) is 19.5. The molecule has 0 saturated heterocycles. The molecule has 0 aliphatic heterocycles. The number of fused-ring (bicyclic) bond motifs is 2. The van der Waals surface area contributed by atoms with Gasteiger partial charge in [0.15, 0.2) is 0 Å². The summed E-state index contributed by atoms with van der Waals surface area (Å²) in [6.07, 6.45) is 0. The van der Waals surface area contributed by atoms with Crippen LogP contribution in [0.4, 0.5) is 0 Å². The van der Waals surface area contributed by atoms with Crippen molar-refractivity contribution in [2.24, 2.45) is 0 Å². The molecule has 0 amide bonds. The fourth-order valence-electron chi connectivity index (χ4n) is 4.84. The van der Waals surface area contributed by atoms with Crippen LogP contribution >= 0.6 is 40.6 Å². The second-order valence-corrected chi connectivity index (χ2v) is 10.5. The molecule has 6 aromatic carbocycles. The largest absolute Gasteiger partial charge is 0.672 e. The maximum atomic E-state index is 8.07. The van der Waals surface area contributed by atoms with Crippen molar-refractivity contribution in [2.45, 2.75) is 26.9 Å².